The third kappa shape index (κ3) is 2.67. The summed E-state index contributed by atoms with van der Waals surface area (Å²) >= 11 is 6.34. The van der Waals surface area contributed by atoms with Gasteiger partial charge >= 0.3 is 0 Å². The van der Waals surface area contributed by atoms with Crippen LogP contribution in [-0.4, -0.2) is 26.1 Å². The largest absolute Gasteiger partial charge is 0.304 e. The molecule has 0 radical (unpaired) electrons. The molecule has 0 amide bonds. The molecule has 0 bridgehead atoms. The molecule has 104 valence electrons. The Morgan fingerprint density at radius 2 is 2.11 bits per heavy atom. The van der Waals surface area contributed by atoms with Gasteiger partial charge in [-0.3, -0.25) is 9.36 Å². The number of nitrogens with one attached hydrogen (secondary N) is 1. The zero-order valence-corrected chi connectivity index (χ0v) is 12.5. The summed E-state index contributed by atoms with van der Waals surface area (Å²) in [6.45, 7) is 7.11. The molecular formula is C13H20ClN5. The van der Waals surface area contributed by atoms with Gasteiger partial charge in [0.2, 0.25) is 0 Å². The second kappa shape index (κ2) is 5.75. The van der Waals surface area contributed by atoms with E-state index >= 15 is 0 Å². The average Bonchev–Trinajstić information content (AvgIpc) is 2.93. The van der Waals surface area contributed by atoms with E-state index < -0.39 is 0 Å². The first kappa shape index (κ1) is 14.1. The number of aromatic nitrogens is 4. The number of nitrogens with zero attached hydrogens (tertiary/aromatic N) is 4. The van der Waals surface area contributed by atoms with Gasteiger partial charge < -0.3 is 5.32 Å². The van der Waals surface area contributed by atoms with Gasteiger partial charge in [-0.2, -0.15) is 10.2 Å². The first-order valence-corrected chi connectivity index (χ1v) is 6.88. The summed E-state index contributed by atoms with van der Waals surface area (Å²) in [5.41, 5.74) is 2.06. The summed E-state index contributed by atoms with van der Waals surface area (Å²) in [5, 5.41) is 12.8. The Balaban J connectivity index is 2.51. The molecule has 0 fully saturated rings. The zero-order chi connectivity index (χ0) is 14.0. The monoisotopic (exact) mass is 281 g/mol. The predicted molar refractivity (Wildman–Crippen MR) is 76.3 cm³/mol. The molecule has 6 heteroatoms. The van der Waals surface area contributed by atoms with E-state index in [9.17, 15) is 0 Å². The fourth-order valence-corrected chi connectivity index (χ4v) is 2.48. The van der Waals surface area contributed by atoms with E-state index in [0.717, 1.165) is 17.9 Å². The lowest BCUT2D eigenvalue weighted by Crippen LogP contribution is -2.27. The van der Waals surface area contributed by atoms with Gasteiger partial charge in [0.15, 0.2) is 0 Å². The van der Waals surface area contributed by atoms with E-state index in [1.807, 2.05) is 22.5 Å². The molecule has 0 spiro atoms. The topological polar surface area (TPSA) is 47.7 Å². The maximum absolute atomic E-state index is 6.34. The van der Waals surface area contributed by atoms with Gasteiger partial charge in [0.25, 0.3) is 0 Å². The van der Waals surface area contributed by atoms with Crippen molar-refractivity contribution >= 4 is 11.6 Å². The summed E-state index contributed by atoms with van der Waals surface area (Å²) < 4.78 is 3.82. The predicted octanol–water partition coefficient (Wildman–Crippen LogP) is 2.55. The van der Waals surface area contributed by atoms with Crippen molar-refractivity contribution in [1.82, 2.24) is 24.9 Å². The van der Waals surface area contributed by atoms with Crippen molar-refractivity contribution in [2.24, 2.45) is 7.05 Å². The van der Waals surface area contributed by atoms with E-state index in [2.05, 4.69) is 36.3 Å². The van der Waals surface area contributed by atoms with Crippen LogP contribution in [0.5, 0.6) is 0 Å². The Morgan fingerprint density at radius 1 is 1.37 bits per heavy atom. The smallest absolute Gasteiger partial charge is 0.0933 e. The Hall–Kier alpha value is -1.33. The van der Waals surface area contributed by atoms with Crippen molar-refractivity contribution < 1.29 is 0 Å². The van der Waals surface area contributed by atoms with Gasteiger partial charge in [0.05, 0.1) is 28.6 Å². The number of aryl methyl sites for hydroxylation is 1. The molecule has 19 heavy (non-hydrogen) atoms. The van der Waals surface area contributed by atoms with Crippen molar-refractivity contribution in [3.05, 3.63) is 34.9 Å². The number of halogens is 1. The zero-order valence-electron chi connectivity index (χ0n) is 11.8. The van der Waals surface area contributed by atoms with Crippen LogP contribution in [0.25, 0.3) is 0 Å². The maximum atomic E-state index is 6.34. The number of rotatable bonds is 5. The van der Waals surface area contributed by atoms with Crippen LogP contribution in [-0.2, 0) is 7.05 Å². The highest BCUT2D eigenvalue weighted by atomic mass is 35.5. The summed E-state index contributed by atoms with van der Waals surface area (Å²) in [6.07, 6.45) is 3.50. The van der Waals surface area contributed by atoms with E-state index in [1.165, 1.54) is 0 Å². The lowest BCUT2D eigenvalue weighted by molar-refractivity contribution is 0.465. The van der Waals surface area contributed by atoms with Crippen LogP contribution in [0, 0.1) is 0 Å². The van der Waals surface area contributed by atoms with Crippen LogP contribution in [0.4, 0.5) is 0 Å². The summed E-state index contributed by atoms with van der Waals surface area (Å²) in [6, 6.07) is 2.26. The molecule has 2 heterocycles. The van der Waals surface area contributed by atoms with Gasteiger partial charge in [-0.15, -0.1) is 0 Å². The molecule has 5 nitrogen and oxygen atoms in total. The van der Waals surface area contributed by atoms with Crippen molar-refractivity contribution in [3.8, 4) is 0 Å². The highest BCUT2D eigenvalue weighted by Crippen LogP contribution is 2.29. The van der Waals surface area contributed by atoms with Crippen LogP contribution in [0.1, 0.15) is 44.2 Å². The van der Waals surface area contributed by atoms with E-state index in [1.54, 1.807) is 12.4 Å². The molecule has 0 aliphatic carbocycles. The number of hydrogen-bond acceptors (Lipinski definition) is 3. The quantitative estimate of drug-likeness (QED) is 0.916. The van der Waals surface area contributed by atoms with E-state index in [4.69, 9.17) is 11.6 Å². The molecule has 1 unspecified atom stereocenters. The molecule has 2 aromatic heterocycles. The van der Waals surface area contributed by atoms with Crippen molar-refractivity contribution in [1.29, 1.82) is 0 Å². The second-order valence-electron chi connectivity index (χ2n) is 4.79. The highest BCUT2D eigenvalue weighted by Gasteiger charge is 2.24. The van der Waals surface area contributed by atoms with Crippen LogP contribution in [0.2, 0.25) is 5.02 Å². The highest BCUT2D eigenvalue weighted by molar-refractivity contribution is 6.31. The standard InChI is InChI=1S/C13H20ClN5/c1-5-15-12(11-6-7-16-18(11)4)13-10(14)8-17-19(13)9(2)3/h6-9,12,15H,5H2,1-4H3. The van der Waals surface area contributed by atoms with Gasteiger partial charge in [0, 0.05) is 19.3 Å². The van der Waals surface area contributed by atoms with Crippen LogP contribution in [0.15, 0.2) is 18.5 Å². The number of hydrogen-bond donors (Lipinski definition) is 1. The third-order valence-corrected chi connectivity index (χ3v) is 3.40. The Morgan fingerprint density at radius 3 is 2.63 bits per heavy atom. The summed E-state index contributed by atoms with van der Waals surface area (Å²) in [7, 11) is 1.93. The minimum absolute atomic E-state index is 0.00472. The van der Waals surface area contributed by atoms with Crippen molar-refractivity contribution in [2.75, 3.05) is 6.54 Å². The first-order valence-electron chi connectivity index (χ1n) is 6.50. The summed E-state index contributed by atoms with van der Waals surface area (Å²) in [5.74, 6) is 0. The second-order valence-corrected chi connectivity index (χ2v) is 5.19. The molecule has 0 aromatic carbocycles. The van der Waals surface area contributed by atoms with Gasteiger partial charge in [-0.25, -0.2) is 0 Å². The normalized spacial score (nSPS) is 13.2. The molecule has 2 rings (SSSR count). The lowest BCUT2D eigenvalue weighted by atomic mass is 10.1. The van der Waals surface area contributed by atoms with E-state index in [-0.39, 0.29) is 12.1 Å². The van der Waals surface area contributed by atoms with Crippen molar-refractivity contribution in [2.45, 2.75) is 32.9 Å². The molecule has 1 N–H and O–H groups in total. The van der Waals surface area contributed by atoms with Gasteiger partial charge in [0.1, 0.15) is 0 Å². The molecule has 0 saturated heterocycles. The van der Waals surface area contributed by atoms with Crippen LogP contribution >= 0.6 is 11.6 Å². The lowest BCUT2D eigenvalue weighted by Gasteiger charge is -2.22. The molecule has 0 aliphatic heterocycles. The minimum Gasteiger partial charge on any atom is -0.304 e. The maximum Gasteiger partial charge on any atom is 0.0933 e. The summed E-state index contributed by atoms with van der Waals surface area (Å²) in [4.78, 5) is 0. The van der Waals surface area contributed by atoms with Crippen LogP contribution in [0.3, 0.4) is 0 Å². The van der Waals surface area contributed by atoms with Gasteiger partial charge in [-0.1, -0.05) is 18.5 Å². The fraction of sp³-hybridized carbons (Fsp3) is 0.538. The first-order chi connectivity index (χ1) is 9.06. The Labute approximate surface area is 118 Å². The fourth-order valence-electron chi connectivity index (χ4n) is 2.25. The molecule has 2 aromatic rings. The SMILES string of the molecule is CCNC(c1ccnn1C)c1c(Cl)cnn1C(C)C. The molecule has 1 atom stereocenters. The minimum atomic E-state index is -0.00472. The Bertz CT molecular complexity index is 543. The Kier molecular flexibility index (Phi) is 4.27. The molecular weight excluding hydrogens is 262 g/mol. The van der Waals surface area contributed by atoms with Gasteiger partial charge in [-0.05, 0) is 26.5 Å². The van der Waals surface area contributed by atoms with Crippen molar-refractivity contribution in [3.63, 3.8) is 0 Å². The average molecular weight is 282 g/mol. The van der Waals surface area contributed by atoms with E-state index in [0.29, 0.717) is 5.02 Å². The van der Waals surface area contributed by atoms with Crippen LogP contribution < -0.4 is 5.32 Å². The third-order valence-electron chi connectivity index (χ3n) is 3.11. The molecule has 0 aliphatic rings. The molecule has 0 saturated carbocycles.